The van der Waals surface area contributed by atoms with Gasteiger partial charge in [-0.15, -0.1) is 0 Å². The van der Waals surface area contributed by atoms with Gasteiger partial charge in [-0.05, 0) is 30.2 Å². The smallest absolute Gasteiger partial charge is 0.245 e. The Bertz CT molecular complexity index is 892. The van der Waals surface area contributed by atoms with Crippen LogP contribution in [0.25, 0.3) is 0 Å². The van der Waals surface area contributed by atoms with E-state index in [-0.39, 0.29) is 28.0 Å². The van der Waals surface area contributed by atoms with Crippen LogP contribution in [0.15, 0.2) is 53.4 Å². The van der Waals surface area contributed by atoms with Crippen molar-refractivity contribution < 1.29 is 17.9 Å². The van der Waals surface area contributed by atoms with Crippen LogP contribution in [0.4, 0.5) is 0 Å². The molecule has 2 rings (SSSR count). The summed E-state index contributed by atoms with van der Waals surface area (Å²) in [6.07, 6.45) is 0.448. The lowest BCUT2D eigenvalue weighted by Crippen LogP contribution is -2.42. The van der Waals surface area contributed by atoms with Crippen LogP contribution in [0.2, 0.25) is 10.0 Å². The normalized spacial score (nSPS) is 11.6. The van der Waals surface area contributed by atoms with Gasteiger partial charge in [-0.3, -0.25) is 4.79 Å². The number of sulfonamides is 1. The second kappa shape index (κ2) is 10.8. The lowest BCUT2D eigenvalue weighted by molar-refractivity contribution is -0.121. The van der Waals surface area contributed by atoms with Crippen molar-refractivity contribution in [3.05, 3.63) is 64.1 Å². The Morgan fingerprint density at radius 1 is 1.14 bits per heavy atom. The first kappa shape index (κ1) is 22.6. The van der Waals surface area contributed by atoms with Gasteiger partial charge in [-0.2, -0.15) is 4.31 Å². The van der Waals surface area contributed by atoms with E-state index < -0.39 is 15.9 Å². The number of carbonyl (C=O) groups excluding carboxylic acids is 1. The van der Waals surface area contributed by atoms with Gasteiger partial charge in [0.05, 0.1) is 18.2 Å². The predicted octanol–water partition coefficient (Wildman–Crippen LogP) is 2.99. The molecule has 0 spiro atoms. The Labute approximate surface area is 175 Å². The van der Waals surface area contributed by atoms with Gasteiger partial charge in [0.25, 0.3) is 0 Å². The number of nitrogens with zero attached hydrogens (tertiary/aromatic N) is 1. The molecule has 9 heteroatoms. The fourth-order valence-electron chi connectivity index (χ4n) is 2.51. The van der Waals surface area contributed by atoms with E-state index in [1.165, 1.54) is 25.3 Å². The zero-order valence-electron chi connectivity index (χ0n) is 15.4. The Morgan fingerprint density at radius 2 is 1.86 bits per heavy atom. The summed E-state index contributed by atoms with van der Waals surface area (Å²) in [4.78, 5) is 12.1. The van der Waals surface area contributed by atoms with Crippen molar-refractivity contribution in [2.24, 2.45) is 0 Å². The molecule has 0 unspecified atom stereocenters. The molecule has 0 radical (unpaired) electrons. The Kier molecular flexibility index (Phi) is 8.72. The monoisotopic (exact) mass is 444 g/mol. The van der Waals surface area contributed by atoms with E-state index in [0.29, 0.717) is 19.6 Å². The minimum atomic E-state index is -4.03. The second-order valence-corrected chi connectivity index (χ2v) is 8.74. The molecule has 6 nitrogen and oxygen atoms in total. The summed E-state index contributed by atoms with van der Waals surface area (Å²) >= 11 is 12.1. The predicted molar refractivity (Wildman–Crippen MR) is 110 cm³/mol. The Hall–Kier alpha value is -1.64. The molecule has 0 fully saturated rings. The average Bonchev–Trinajstić information content (AvgIpc) is 2.67. The lowest BCUT2D eigenvalue weighted by atomic mass is 10.1. The second-order valence-electron chi connectivity index (χ2n) is 5.99. The molecule has 152 valence electrons. The summed E-state index contributed by atoms with van der Waals surface area (Å²) in [5.74, 6) is -0.424. The standard InChI is InChI=1S/C19H22Cl2N2O4S/c1-27-12-10-22-19(24)14-23(11-9-15-5-3-2-4-6-15)28(25,26)18-13-16(20)7-8-17(18)21/h2-8,13H,9-12,14H2,1H3,(H,22,24). The number of benzene rings is 2. The summed E-state index contributed by atoms with van der Waals surface area (Å²) in [5, 5.41) is 2.93. The van der Waals surface area contributed by atoms with Crippen LogP contribution in [-0.2, 0) is 26.0 Å². The van der Waals surface area contributed by atoms with E-state index >= 15 is 0 Å². The highest BCUT2D eigenvalue weighted by atomic mass is 35.5. The maximum absolute atomic E-state index is 13.2. The minimum absolute atomic E-state index is 0.0499. The van der Waals surface area contributed by atoms with Crippen LogP contribution in [0.3, 0.4) is 0 Å². The molecule has 1 N–H and O–H groups in total. The Morgan fingerprint density at radius 3 is 2.54 bits per heavy atom. The quantitative estimate of drug-likeness (QED) is 0.571. The molecule has 0 heterocycles. The molecule has 0 aliphatic heterocycles. The van der Waals surface area contributed by atoms with Crippen molar-refractivity contribution in [1.82, 2.24) is 9.62 Å². The van der Waals surface area contributed by atoms with Crippen LogP contribution in [0.5, 0.6) is 0 Å². The number of hydrogen-bond acceptors (Lipinski definition) is 4. The van der Waals surface area contributed by atoms with Crippen LogP contribution in [0, 0.1) is 0 Å². The number of ether oxygens (including phenoxy) is 1. The molecular formula is C19H22Cl2N2O4S. The number of carbonyl (C=O) groups is 1. The minimum Gasteiger partial charge on any atom is -0.383 e. The number of nitrogens with one attached hydrogen (secondary N) is 1. The van der Waals surface area contributed by atoms with Crippen LogP contribution >= 0.6 is 23.2 Å². The van der Waals surface area contributed by atoms with Crippen LogP contribution in [-0.4, -0.2) is 52.0 Å². The molecule has 1 amide bonds. The number of halogens is 2. The van der Waals surface area contributed by atoms with Crippen molar-refractivity contribution in [3.8, 4) is 0 Å². The third-order valence-corrected chi connectivity index (χ3v) is 6.51. The number of hydrogen-bond donors (Lipinski definition) is 1. The molecule has 2 aromatic rings. The average molecular weight is 445 g/mol. The molecule has 0 bridgehead atoms. The molecule has 0 aliphatic carbocycles. The van der Waals surface area contributed by atoms with Gasteiger partial charge in [0.1, 0.15) is 4.90 Å². The SMILES string of the molecule is COCCNC(=O)CN(CCc1ccccc1)S(=O)(=O)c1cc(Cl)ccc1Cl. The molecule has 0 aromatic heterocycles. The topological polar surface area (TPSA) is 75.7 Å². The number of amides is 1. The third kappa shape index (κ3) is 6.46. The molecule has 28 heavy (non-hydrogen) atoms. The van der Waals surface area contributed by atoms with Gasteiger partial charge in [0.2, 0.25) is 15.9 Å². The maximum atomic E-state index is 13.2. The van der Waals surface area contributed by atoms with E-state index in [4.69, 9.17) is 27.9 Å². The molecule has 0 aliphatic rings. The molecular weight excluding hydrogens is 423 g/mol. The summed E-state index contributed by atoms with van der Waals surface area (Å²) < 4.78 is 32.3. The number of methoxy groups -OCH3 is 1. The van der Waals surface area contributed by atoms with Crippen molar-refractivity contribution >= 4 is 39.1 Å². The fourth-order valence-corrected chi connectivity index (χ4v) is 4.64. The summed E-state index contributed by atoms with van der Waals surface area (Å²) in [6, 6.07) is 13.6. The summed E-state index contributed by atoms with van der Waals surface area (Å²) in [7, 11) is -2.51. The first-order valence-corrected chi connectivity index (χ1v) is 10.8. The molecule has 0 saturated carbocycles. The highest BCUT2D eigenvalue weighted by Crippen LogP contribution is 2.27. The van der Waals surface area contributed by atoms with Crippen molar-refractivity contribution in [3.63, 3.8) is 0 Å². The molecule has 2 aromatic carbocycles. The van der Waals surface area contributed by atoms with Gasteiger partial charge < -0.3 is 10.1 Å². The zero-order chi connectivity index (χ0) is 20.6. The lowest BCUT2D eigenvalue weighted by Gasteiger charge is -2.22. The van der Waals surface area contributed by atoms with Crippen molar-refractivity contribution in [2.45, 2.75) is 11.3 Å². The highest BCUT2D eigenvalue weighted by molar-refractivity contribution is 7.89. The molecule has 0 saturated heterocycles. The summed E-state index contributed by atoms with van der Waals surface area (Å²) in [5.41, 5.74) is 0.958. The van der Waals surface area contributed by atoms with E-state index in [1.54, 1.807) is 0 Å². The van der Waals surface area contributed by atoms with Crippen LogP contribution < -0.4 is 5.32 Å². The van der Waals surface area contributed by atoms with E-state index in [1.807, 2.05) is 30.3 Å². The summed E-state index contributed by atoms with van der Waals surface area (Å²) in [6.45, 7) is 0.414. The third-order valence-electron chi connectivity index (χ3n) is 3.95. The highest BCUT2D eigenvalue weighted by Gasteiger charge is 2.28. The van der Waals surface area contributed by atoms with Gasteiger partial charge in [0, 0.05) is 25.2 Å². The van der Waals surface area contributed by atoms with Crippen LogP contribution in [0.1, 0.15) is 5.56 Å². The number of rotatable bonds is 10. The maximum Gasteiger partial charge on any atom is 0.245 e. The fraction of sp³-hybridized carbons (Fsp3) is 0.316. The van der Waals surface area contributed by atoms with E-state index in [2.05, 4.69) is 5.32 Å². The van der Waals surface area contributed by atoms with Crippen molar-refractivity contribution in [2.75, 3.05) is 33.4 Å². The van der Waals surface area contributed by atoms with E-state index in [9.17, 15) is 13.2 Å². The van der Waals surface area contributed by atoms with Gasteiger partial charge in [-0.1, -0.05) is 53.5 Å². The van der Waals surface area contributed by atoms with Crippen molar-refractivity contribution in [1.29, 1.82) is 0 Å². The zero-order valence-corrected chi connectivity index (χ0v) is 17.7. The van der Waals surface area contributed by atoms with Gasteiger partial charge in [-0.25, -0.2) is 8.42 Å². The first-order chi connectivity index (χ1) is 13.3. The van der Waals surface area contributed by atoms with Gasteiger partial charge in [0.15, 0.2) is 0 Å². The van der Waals surface area contributed by atoms with Gasteiger partial charge >= 0.3 is 0 Å². The largest absolute Gasteiger partial charge is 0.383 e. The van der Waals surface area contributed by atoms with E-state index in [0.717, 1.165) is 9.87 Å². The Balaban J connectivity index is 2.25. The molecule has 0 atom stereocenters. The first-order valence-electron chi connectivity index (χ1n) is 8.59.